The number of likely N-dealkylation sites (tertiary alicyclic amines) is 2. The van der Waals surface area contributed by atoms with Crippen LogP contribution < -0.4 is 0 Å². The van der Waals surface area contributed by atoms with Gasteiger partial charge >= 0.3 is 0 Å². The van der Waals surface area contributed by atoms with Crippen LogP contribution in [-0.2, 0) is 21.6 Å². The Balaban J connectivity index is 1.90. The lowest BCUT2D eigenvalue weighted by Crippen LogP contribution is -2.58. The topological polar surface area (TPSA) is 76.4 Å². The number of hydrogen-bond acceptors (Lipinski definition) is 6. The summed E-state index contributed by atoms with van der Waals surface area (Å²) in [7, 11) is 1.69. The fourth-order valence-corrected chi connectivity index (χ4v) is 4.32. The molecular formula is C18H32N6O2. The van der Waals surface area contributed by atoms with Gasteiger partial charge in [0.2, 0.25) is 5.91 Å². The third-order valence-electron chi connectivity index (χ3n) is 5.57. The molecule has 1 unspecified atom stereocenters. The second-order valence-electron chi connectivity index (χ2n) is 7.96. The van der Waals surface area contributed by atoms with Gasteiger partial charge in [-0.1, -0.05) is 13.8 Å². The number of carbonyl (C=O) groups is 1. The van der Waals surface area contributed by atoms with Gasteiger partial charge in [0.15, 0.2) is 5.82 Å². The number of ether oxygens (including phenoxy) is 1. The predicted octanol–water partition coefficient (Wildman–Crippen LogP) is 1.28. The molecule has 26 heavy (non-hydrogen) atoms. The molecule has 3 heterocycles. The van der Waals surface area contributed by atoms with Crippen LogP contribution in [0, 0.1) is 5.92 Å². The normalized spacial score (nSPS) is 24.5. The number of aromatic nitrogens is 4. The summed E-state index contributed by atoms with van der Waals surface area (Å²) in [6.07, 6.45) is 4.97. The minimum atomic E-state index is -0.279. The molecule has 146 valence electrons. The Morgan fingerprint density at radius 1 is 1.23 bits per heavy atom. The van der Waals surface area contributed by atoms with Crippen LogP contribution in [0.2, 0.25) is 0 Å². The molecule has 0 saturated carbocycles. The Bertz CT molecular complexity index is 598. The summed E-state index contributed by atoms with van der Waals surface area (Å²) in [6.45, 7) is 9.01. The van der Waals surface area contributed by atoms with Crippen molar-refractivity contribution in [3.63, 3.8) is 0 Å². The van der Waals surface area contributed by atoms with Gasteiger partial charge in [-0.25, -0.2) is 4.68 Å². The van der Waals surface area contributed by atoms with Crippen LogP contribution >= 0.6 is 0 Å². The van der Waals surface area contributed by atoms with E-state index in [-0.39, 0.29) is 11.4 Å². The quantitative estimate of drug-likeness (QED) is 0.725. The van der Waals surface area contributed by atoms with E-state index < -0.39 is 0 Å². The van der Waals surface area contributed by atoms with Crippen LogP contribution in [0.15, 0.2) is 0 Å². The molecule has 2 aliphatic rings. The average Bonchev–Trinajstić information content (AvgIpc) is 3.31. The minimum Gasteiger partial charge on any atom is -0.383 e. The summed E-state index contributed by atoms with van der Waals surface area (Å²) in [4.78, 5) is 17.3. The highest BCUT2D eigenvalue weighted by molar-refractivity contribution is 5.76. The first-order valence-corrected chi connectivity index (χ1v) is 9.85. The average molecular weight is 364 g/mol. The maximum Gasteiger partial charge on any atom is 0.222 e. The van der Waals surface area contributed by atoms with Crippen LogP contribution in [0.25, 0.3) is 0 Å². The Morgan fingerprint density at radius 3 is 2.69 bits per heavy atom. The highest BCUT2D eigenvalue weighted by atomic mass is 16.5. The highest BCUT2D eigenvalue weighted by Gasteiger charge is 2.47. The zero-order valence-corrected chi connectivity index (χ0v) is 16.4. The lowest BCUT2D eigenvalue weighted by molar-refractivity contribution is -0.136. The van der Waals surface area contributed by atoms with E-state index in [4.69, 9.17) is 4.74 Å². The maximum atomic E-state index is 12.8. The zero-order chi connectivity index (χ0) is 18.6. The molecule has 0 aliphatic carbocycles. The summed E-state index contributed by atoms with van der Waals surface area (Å²) < 4.78 is 7.10. The summed E-state index contributed by atoms with van der Waals surface area (Å²) in [5.41, 5.74) is -0.279. The van der Waals surface area contributed by atoms with Crippen molar-refractivity contribution in [3.05, 3.63) is 5.82 Å². The Morgan fingerprint density at radius 2 is 2.00 bits per heavy atom. The van der Waals surface area contributed by atoms with Crippen LogP contribution in [0.1, 0.15) is 51.8 Å². The van der Waals surface area contributed by atoms with E-state index in [9.17, 15) is 4.79 Å². The molecule has 1 aromatic heterocycles. The van der Waals surface area contributed by atoms with Gasteiger partial charge in [0.05, 0.1) is 13.2 Å². The Kier molecular flexibility index (Phi) is 6.24. The number of nitrogens with zero attached hydrogens (tertiary/aromatic N) is 6. The first-order valence-electron chi connectivity index (χ1n) is 9.85. The molecule has 0 radical (unpaired) electrons. The lowest BCUT2D eigenvalue weighted by atomic mass is 9.85. The monoisotopic (exact) mass is 364 g/mol. The summed E-state index contributed by atoms with van der Waals surface area (Å²) in [5, 5.41) is 12.6. The van der Waals surface area contributed by atoms with E-state index in [1.54, 1.807) is 7.11 Å². The summed E-state index contributed by atoms with van der Waals surface area (Å²) in [6, 6.07) is 0. The minimum absolute atomic E-state index is 0.249. The molecule has 2 fully saturated rings. The molecule has 1 aromatic rings. The molecule has 3 rings (SSSR count). The van der Waals surface area contributed by atoms with E-state index in [1.165, 1.54) is 12.8 Å². The first-order chi connectivity index (χ1) is 12.6. The van der Waals surface area contributed by atoms with E-state index in [0.29, 0.717) is 32.0 Å². The fraction of sp³-hybridized carbons (Fsp3) is 0.889. The Hall–Kier alpha value is -1.54. The number of amides is 1. The molecule has 0 spiro atoms. The third-order valence-corrected chi connectivity index (χ3v) is 5.57. The molecule has 2 saturated heterocycles. The number of hydrogen-bond donors (Lipinski definition) is 0. The van der Waals surface area contributed by atoms with Crippen molar-refractivity contribution < 1.29 is 9.53 Å². The first kappa shape index (κ1) is 19.2. The molecule has 1 amide bonds. The molecule has 0 N–H and O–H groups in total. The second kappa shape index (κ2) is 8.43. The number of piperidine rings is 1. The Labute approximate surface area is 155 Å². The third kappa shape index (κ3) is 3.91. The highest BCUT2D eigenvalue weighted by Crippen LogP contribution is 2.38. The zero-order valence-electron chi connectivity index (χ0n) is 16.4. The van der Waals surface area contributed by atoms with E-state index >= 15 is 0 Å². The van der Waals surface area contributed by atoms with Gasteiger partial charge in [-0.15, -0.1) is 5.10 Å². The number of rotatable bonds is 7. The molecule has 0 aromatic carbocycles. The van der Waals surface area contributed by atoms with Crippen LogP contribution in [0.4, 0.5) is 0 Å². The van der Waals surface area contributed by atoms with Crippen molar-refractivity contribution in [1.82, 2.24) is 30.0 Å². The van der Waals surface area contributed by atoms with Crippen LogP contribution in [-0.4, -0.2) is 75.8 Å². The van der Waals surface area contributed by atoms with E-state index in [2.05, 4.69) is 34.3 Å². The SMILES string of the molecule is COCCn1nnnc1C1(N2CCCC2)CCCN(C(=O)CC(C)C)C1. The number of carbonyl (C=O) groups excluding carboxylic acids is 1. The van der Waals surface area contributed by atoms with Gasteiger partial charge in [-0.3, -0.25) is 9.69 Å². The van der Waals surface area contributed by atoms with Crippen LogP contribution in [0.5, 0.6) is 0 Å². The molecular weight excluding hydrogens is 332 g/mol. The van der Waals surface area contributed by atoms with Gasteiger partial charge in [0, 0.05) is 26.6 Å². The van der Waals surface area contributed by atoms with Crippen molar-refractivity contribution in [2.45, 2.75) is 58.0 Å². The van der Waals surface area contributed by atoms with Gasteiger partial charge in [-0.05, 0) is 55.1 Å². The van der Waals surface area contributed by atoms with Gasteiger partial charge in [0.25, 0.3) is 0 Å². The largest absolute Gasteiger partial charge is 0.383 e. The second-order valence-corrected chi connectivity index (χ2v) is 7.96. The van der Waals surface area contributed by atoms with E-state index in [1.807, 2.05) is 9.58 Å². The van der Waals surface area contributed by atoms with E-state index in [0.717, 1.165) is 38.3 Å². The van der Waals surface area contributed by atoms with Gasteiger partial charge in [-0.2, -0.15) is 0 Å². The van der Waals surface area contributed by atoms with Gasteiger partial charge in [0.1, 0.15) is 5.54 Å². The fourth-order valence-electron chi connectivity index (χ4n) is 4.32. The van der Waals surface area contributed by atoms with Gasteiger partial charge < -0.3 is 9.64 Å². The molecule has 8 nitrogen and oxygen atoms in total. The summed E-state index contributed by atoms with van der Waals surface area (Å²) >= 11 is 0. The number of methoxy groups -OCH3 is 1. The molecule has 8 heteroatoms. The summed E-state index contributed by atoms with van der Waals surface area (Å²) in [5.74, 6) is 1.51. The standard InChI is InChI=1S/C18H32N6O2/c1-15(2)13-16(25)22-8-6-7-18(14-22,23-9-4-5-10-23)17-19-20-21-24(17)11-12-26-3/h15H,4-14H2,1-3H3. The number of tetrazole rings is 1. The van der Waals surface area contributed by atoms with Crippen molar-refractivity contribution in [3.8, 4) is 0 Å². The van der Waals surface area contributed by atoms with Crippen LogP contribution in [0.3, 0.4) is 0 Å². The molecule has 2 aliphatic heterocycles. The van der Waals surface area contributed by atoms with Crippen molar-refractivity contribution in [2.75, 3.05) is 39.9 Å². The van der Waals surface area contributed by atoms with Crippen molar-refractivity contribution in [2.24, 2.45) is 5.92 Å². The smallest absolute Gasteiger partial charge is 0.222 e. The molecule has 1 atom stereocenters. The van der Waals surface area contributed by atoms with Crippen molar-refractivity contribution >= 4 is 5.91 Å². The molecule has 0 bridgehead atoms. The van der Waals surface area contributed by atoms with Crippen molar-refractivity contribution in [1.29, 1.82) is 0 Å². The maximum absolute atomic E-state index is 12.8. The lowest BCUT2D eigenvalue weighted by Gasteiger charge is -2.47. The predicted molar refractivity (Wildman–Crippen MR) is 97.4 cm³/mol.